The van der Waals surface area contributed by atoms with Gasteiger partial charge in [0.05, 0.1) is 0 Å². The fourth-order valence-corrected chi connectivity index (χ4v) is 3.43. The van der Waals surface area contributed by atoms with Gasteiger partial charge in [-0.3, -0.25) is 14.4 Å². The van der Waals surface area contributed by atoms with E-state index in [0.717, 1.165) is 10.2 Å². The largest absolute Gasteiger partial charge is 0.454 e. The van der Waals surface area contributed by atoms with E-state index in [1.54, 1.807) is 41.3 Å². The molecule has 0 aliphatic carbocycles. The van der Waals surface area contributed by atoms with Crippen molar-refractivity contribution >= 4 is 39.4 Å². The average molecular weight is 478 g/mol. The minimum atomic E-state index is -0.684. The first kappa shape index (κ1) is 21.8. The molecule has 1 aliphatic heterocycles. The molecule has 2 aromatic carbocycles. The van der Waals surface area contributed by atoms with Gasteiger partial charge in [-0.2, -0.15) is 0 Å². The standard InChI is InChI=1S/C21H21BrFN3O4/c22-16-3-1-2-15(12-16)21(29)24-13-20(28)30-14-19(27)26-10-8-25(9-11-26)18-6-4-17(23)5-7-18/h1-7,12H,8-11,13-14H2,(H,24,29). The van der Waals surface area contributed by atoms with Crippen LogP contribution in [0.2, 0.25) is 0 Å². The molecule has 9 heteroatoms. The number of ether oxygens (including phenoxy) is 1. The molecule has 1 saturated heterocycles. The molecule has 1 fully saturated rings. The van der Waals surface area contributed by atoms with Gasteiger partial charge in [0.1, 0.15) is 12.4 Å². The number of halogens is 2. The number of esters is 1. The Morgan fingerprint density at radius 3 is 2.40 bits per heavy atom. The molecule has 2 amide bonds. The zero-order chi connectivity index (χ0) is 21.5. The van der Waals surface area contributed by atoms with Crippen LogP contribution in [0, 0.1) is 5.82 Å². The van der Waals surface area contributed by atoms with E-state index in [9.17, 15) is 18.8 Å². The SMILES string of the molecule is O=C(CNC(=O)c1cccc(Br)c1)OCC(=O)N1CCN(c2ccc(F)cc2)CC1. The van der Waals surface area contributed by atoms with E-state index in [2.05, 4.69) is 26.1 Å². The van der Waals surface area contributed by atoms with E-state index in [1.807, 2.05) is 0 Å². The van der Waals surface area contributed by atoms with Crippen LogP contribution in [0.5, 0.6) is 0 Å². The first-order valence-electron chi connectivity index (χ1n) is 9.40. The van der Waals surface area contributed by atoms with E-state index < -0.39 is 11.9 Å². The number of anilines is 1. The van der Waals surface area contributed by atoms with Crippen molar-refractivity contribution in [3.8, 4) is 0 Å². The molecule has 2 aromatic rings. The number of rotatable bonds is 6. The predicted octanol–water partition coefficient (Wildman–Crippen LogP) is 2.21. The minimum absolute atomic E-state index is 0.290. The van der Waals surface area contributed by atoms with Crippen molar-refractivity contribution < 1.29 is 23.5 Å². The molecule has 0 atom stereocenters. The van der Waals surface area contributed by atoms with Crippen molar-refractivity contribution in [1.82, 2.24) is 10.2 Å². The first-order chi connectivity index (χ1) is 14.4. The number of nitrogens with one attached hydrogen (secondary N) is 1. The van der Waals surface area contributed by atoms with Gasteiger partial charge in [-0.15, -0.1) is 0 Å². The second-order valence-corrected chi connectivity index (χ2v) is 7.61. The Kier molecular flexibility index (Phi) is 7.40. The molecule has 158 valence electrons. The molecule has 0 radical (unpaired) electrons. The fourth-order valence-electron chi connectivity index (χ4n) is 3.03. The molecule has 7 nitrogen and oxygen atoms in total. The van der Waals surface area contributed by atoms with Crippen LogP contribution in [0.1, 0.15) is 10.4 Å². The Balaban J connectivity index is 1.37. The van der Waals surface area contributed by atoms with Gasteiger partial charge in [0.2, 0.25) is 0 Å². The second-order valence-electron chi connectivity index (χ2n) is 6.70. The maximum absolute atomic E-state index is 13.0. The number of benzene rings is 2. The fraction of sp³-hybridized carbons (Fsp3) is 0.286. The summed E-state index contributed by atoms with van der Waals surface area (Å²) in [5.74, 6) is -1.67. The van der Waals surface area contributed by atoms with E-state index in [0.29, 0.717) is 31.7 Å². The molecule has 0 unspecified atom stereocenters. The number of hydrogen-bond acceptors (Lipinski definition) is 5. The molecule has 0 spiro atoms. The van der Waals surface area contributed by atoms with Crippen LogP contribution >= 0.6 is 15.9 Å². The van der Waals surface area contributed by atoms with Gasteiger partial charge >= 0.3 is 5.97 Å². The molecule has 1 aliphatic rings. The molecule has 1 heterocycles. The van der Waals surface area contributed by atoms with Crippen molar-refractivity contribution in [2.45, 2.75) is 0 Å². The summed E-state index contributed by atoms with van der Waals surface area (Å²) in [6, 6.07) is 13.0. The lowest BCUT2D eigenvalue weighted by molar-refractivity contribution is -0.151. The van der Waals surface area contributed by atoms with Gasteiger partial charge in [-0.1, -0.05) is 22.0 Å². The number of carbonyl (C=O) groups excluding carboxylic acids is 3. The van der Waals surface area contributed by atoms with Gasteiger partial charge < -0.3 is 19.9 Å². The summed E-state index contributed by atoms with van der Waals surface area (Å²) in [7, 11) is 0. The first-order valence-corrected chi connectivity index (χ1v) is 10.2. The Bertz CT molecular complexity index is 915. The third kappa shape index (κ3) is 6.03. The van der Waals surface area contributed by atoms with Gasteiger partial charge in [0, 0.05) is 41.9 Å². The highest BCUT2D eigenvalue weighted by Gasteiger charge is 2.22. The quantitative estimate of drug-likeness (QED) is 0.645. The molecule has 3 rings (SSSR count). The summed E-state index contributed by atoms with van der Waals surface area (Å²) in [6.07, 6.45) is 0. The third-order valence-electron chi connectivity index (χ3n) is 4.66. The van der Waals surface area contributed by atoms with Gasteiger partial charge in [-0.25, -0.2) is 4.39 Å². The smallest absolute Gasteiger partial charge is 0.325 e. The minimum Gasteiger partial charge on any atom is -0.454 e. The summed E-state index contributed by atoms with van der Waals surface area (Å²) < 4.78 is 18.8. The van der Waals surface area contributed by atoms with Crippen LogP contribution in [-0.2, 0) is 14.3 Å². The Hall–Kier alpha value is -2.94. The average Bonchev–Trinajstić information content (AvgIpc) is 2.76. The van der Waals surface area contributed by atoms with Crippen molar-refractivity contribution in [2.75, 3.05) is 44.2 Å². The van der Waals surface area contributed by atoms with E-state index >= 15 is 0 Å². The van der Waals surface area contributed by atoms with Crippen LogP contribution in [0.15, 0.2) is 53.0 Å². The molecule has 0 aromatic heterocycles. The zero-order valence-corrected chi connectivity index (χ0v) is 17.7. The Morgan fingerprint density at radius 2 is 1.73 bits per heavy atom. The van der Waals surface area contributed by atoms with Crippen LogP contribution < -0.4 is 10.2 Å². The van der Waals surface area contributed by atoms with Gasteiger partial charge in [-0.05, 0) is 42.5 Å². The van der Waals surface area contributed by atoms with Crippen LogP contribution in [0.25, 0.3) is 0 Å². The molecular formula is C21H21BrFN3O4. The van der Waals surface area contributed by atoms with Crippen molar-refractivity contribution in [1.29, 1.82) is 0 Å². The molecule has 30 heavy (non-hydrogen) atoms. The number of amides is 2. The van der Waals surface area contributed by atoms with E-state index in [1.165, 1.54) is 12.1 Å². The van der Waals surface area contributed by atoms with E-state index in [4.69, 9.17) is 4.74 Å². The summed E-state index contributed by atoms with van der Waals surface area (Å²) in [4.78, 5) is 39.8. The number of piperazine rings is 1. The summed E-state index contributed by atoms with van der Waals surface area (Å²) in [5, 5.41) is 2.46. The second kappa shape index (κ2) is 10.2. The zero-order valence-electron chi connectivity index (χ0n) is 16.1. The van der Waals surface area contributed by atoms with Crippen molar-refractivity contribution in [3.05, 3.63) is 64.4 Å². The Morgan fingerprint density at radius 1 is 1.03 bits per heavy atom. The summed E-state index contributed by atoms with van der Waals surface area (Å²) in [5.41, 5.74) is 1.31. The summed E-state index contributed by atoms with van der Waals surface area (Å²) >= 11 is 3.28. The highest BCUT2D eigenvalue weighted by Crippen LogP contribution is 2.17. The highest BCUT2D eigenvalue weighted by molar-refractivity contribution is 9.10. The number of hydrogen-bond donors (Lipinski definition) is 1. The van der Waals surface area contributed by atoms with Crippen LogP contribution in [0.4, 0.5) is 10.1 Å². The molecule has 1 N–H and O–H groups in total. The normalized spacial score (nSPS) is 13.7. The maximum Gasteiger partial charge on any atom is 0.325 e. The lowest BCUT2D eigenvalue weighted by atomic mass is 10.2. The van der Waals surface area contributed by atoms with Crippen LogP contribution in [0.3, 0.4) is 0 Å². The predicted molar refractivity (Wildman–Crippen MR) is 113 cm³/mol. The molecule has 0 saturated carbocycles. The maximum atomic E-state index is 13.0. The monoisotopic (exact) mass is 477 g/mol. The van der Waals surface area contributed by atoms with Crippen LogP contribution in [-0.4, -0.2) is 62.0 Å². The number of nitrogens with zero attached hydrogens (tertiary/aromatic N) is 2. The van der Waals surface area contributed by atoms with Gasteiger partial charge in [0.15, 0.2) is 6.61 Å². The summed E-state index contributed by atoms with van der Waals surface area (Å²) in [6.45, 7) is 1.47. The molecular weight excluding hydrogens is 457 g/mol. The number of carbonyl (C=O) groups is 3. The van der Waals surface area contributed by atoms with E-state index in [-0.39, 0.29) is 24.9 Å². The van der Waals surface area contributed by atoms with Gasteiger partial charge in [0.25, 0.3) is 11.8 Å². The topological polar surface area (TPSA) is 78.9 Å². The van der Waals surface area contributed by atoms with Crippen molar-refractivity contribution in [3.63, 3.8) is 0 Å². The Labute approximate surface area is 181 Å². The van der Waals surface area contributed by atoms with Crippen molar-refractivity contribution in [2.24, 2.45) is 0 Å². The lowest BCUT2D eigenvalue weighted by Gasteiger charge is -2.36. The molecule has 0 bridgehead atoms. The highest BCUT2D eigenvalue weighted by atomic mass is 79.9. The third-order valence-corrected chi connectivity index (χ3v) is 5.15. The lowest BCUT2D eigenvalue weighted by Crippen LogP contribution is -2.50.